The minimum Gasteiger partial charge on any atom is -0.497 e. The highest BCUT2D eigenvalue weighted by Crippen LogP contribution is 2.24. The zero-order chi connectivity index (χ0) is 21.6. The van der Waals surface area contributed by atoms with Crippen LogP contribution in [-0.4, -0.2) is 36.3 Å². The fourth-order valence-electron chi connectivity index (χ4n) is 3.94. The largest absolute Gasteiger partial charge is 0.497 e. The summed E-state index contributed by atoms with van der Waals surface area (Å²) in [6.07, 6.45) is 1.62. The molecule has 0 unspecified atom stereocenters. The van der Waals surface area contributed by atoms with Gasteiger partial charge in [0.1, 0.15) is 5.75 Å². The van der Waals surface area contributed by atoms with Crippen molar-refractivity contribution in [2.45, 2.75) is 26.3 Å². The number of carbonyl (C=O) groups excluding carboxylic acids is 1. The molecule has 31 heavy (non-hydrogen) atoms. The third kappa shape index (κ3) is 5.20. The number of piperidine rings is 1. The van der Waals surface area contributed by atoms with Gasteiger partial charge in [-0.15, -0.1) is 10.2 Å². The zero-order valence-electron chi connectivity index (χ0n) is 18.0. The maximum absolute atomic E-state index is 12.6. The lowest BCUT2D eigenvalue weighted by Crippen LogP contribution is -2.40. The van der Waals surface area contributed by atoms with Crippen molar-refractivity contribution in [2.24, 2.45) is 5.92 Å². The number of ether oxygens (including phenoxy) is 1. The summed E-state index contributed by atoms with van der Waals surface area (Å²) in [5, 5.41) is 11.9. The number of benzene rings is 2. The molecule has 1 fully saturated rings. The summed E-state index contributed by atoms with van der Waals surface area (Å²) in [6, 6.07) is 20.1. The average molecular weight is 417 g/mol. The van der Waals surface area contributed by atoms with Gasteiger partial charge in [-0.25, -0.2) is 0 Å². The third-order valence-corrected chi connectivity index (χ3v) is 5.75. The van der Waals surface area contributed by atoms with Gasteiger partial charge in [-0.3, -0.25) is 4.79 Å². The van der Waals surface area contributed by atoms with Crippen LogP contribution in [0.5, 0.6) is 5.75 Å². The number of nitrogens with zero attached hydrogens (tertiary/aromatic N) is 3. The molecule has 1 amide bonds. The molecular weight excluding hydrogens is 388 g/mol. The van der Waals surface area contributed by atoms with Crippen LogP contribution in [-0.2, 0) is 11.3 Å². The van der Waals surface area contributed by atoms with E-state index in [1.54, 1.807) is 7.11 Å². The SMILES string of the molecule is COc1cccc(CNC(=O)C2CCN(c3ccc(-c4cccc(C)c4)nn3)CC2)c1. The quantitative estimate of drug-likeness (QED) is 0.658. The number of carbonyl (C=O) groups is 1. The molecule has 4 rings (SSSR count). The number of rotatable bonds is 6. The predicted molar refractivity (Wildman–Crippen MR) is 122 cm³/mol. The summed E-state index contributed by atoms with van der Waals surface area (Å²) < 4.78 is 5.24. The van der Waals surface area contributed by atoms with Gasteiger partial charge in [0.15, 0.2) is 5.82 Å². The van der Waals surface area contributed by atoms with E-state index in [0.29, 0.717) is 6.54 Å². The van der Waals surface area contributed by atoms with E-state index in [2.05, 4.69) is 39.5 Å². The van der Waals surface area contributed by atoms with Gasteiger partial charge in [-0.2, -0.15) is 0 Å². The van der Waals surface area contributed by atoms with Gasteiger partial charge in [0.2, 0.25) is 5.91 Å². The van der Waals surface area contributed by atoms with Crippen molar-refractivity contribution in [1.82, 2.24) is 15.5 Å². The topological polar surface area (TPSA) is 67.3 Å². The Morgan fingerprint density at radius 3 is 2.58 bits per heavy atom. The Hall–Kier alpha value is -3.41. The molecule has 1 aromatic heterocycles. The van der Waals surface area contributed by atoms with E-state index in [-0.39, 0.29) is 11.8 Å². The van der Waals surface area contributed by atoms with Crippen LogP contribution in [0.3, 0.4) is 0 Å². The first-order chi connectivity index (χ1) is 15.1. The maximum atomic E-state index is 12.6. The minimum absolute atomic E-state index is 0.0291. The first kappa shape index (κ1) is 20.8. The second-order valence-corrected chi connectivity index (χ2v) is 7.98. The smallest absolute Gasteiger partial charge is 0.223 e. The van der Waals surface area contributed by atoms with Gasteiger partial charge in [-0.05, 0) is 55.7 Å². The summed E-state index contributed by atoms with van der Waals surface area (Å²) in [6.45, 7) is 4.19. The monoisotopic (exact) mass is 416 g/mol. The van der Waals surface area contributed by atoms with E-state index in [1.165, 1.54) is 5.56 Å². The van der Waals surface area contributed by atoms with Crippen LogP contribution < -0.4 is 15.0 Å². The Morgan fingerprint density at radius 2 is 1.87 bits per heavy atom. The molecule has 6 nitrogen and oxygen atoms in total. The van der Waals surface area contributed by atoms with Crippen LogP contribution in [0.25, 0.3) is 11.3 Å². The summed E-state index contributed by atoms with van der Waals surface area (Å²) in [7, 11) is 1.64. The van der Waals surface area contributed by atoms with E-state index in [9.17, 15) is 4.79 Å². The number of aryl methyl sites for hydroxylation is 1. The van der Waals surface area contributed by atoms with Crippen molar-refractivity contribution in [3.05, 3.63) is 71.8 Å². The Kier molecular flexibility index (Phi) is 6.46. The molecule has 3 aromatic rings. The van der Waals surface area contributed by atoms with Gasteiger partial charge < -0.3 is 15.0 Å². The Morgan fingerprint density at radius 1 is 1.06 bits per heavy atom. The van der Waals surface area contributed by atoms with Crippen LogP contribution in [0.1, 0.15) is 24.0 Å². The van der Waals surface area contributed by atoms with E-state index < -0.39 is 0 Å². The average Bonchev–Trinajstić information content (AvgIpc) is 2.83. The van der Waals surface area contributed by atoms with Crippen molar-refractivity contribution in [2.75, 3.05) is 25.1 Å². The number of hydrogen-bond donors (Lipinski definition) is 1. The lowest BCUT2D eigenvalue weighted by atomic mass is 9.96. The molecule has 1 aliphatic heterocycles. The molecule has 0 radical (unpaired) electrons. The number of nitrogens with one attached hydrogen (secondary N) is 1. The Labute approximate surface area is 183 Å². The van der Waals surface area contributed by atoms with Crippen LogP contribution in [0.4, 0.5) is 5.82 Å². The highest BCUT2D eigenvalue weighted by atomic mass is 16.5. The Bertz CT molecular complexity index is 1030. The van der Waals surface area contributed by atoms with Gasteiger partial charge in [0.25, 0.3) is 0 Å². The first-order valence-corrected chi connectivity index (χ1v) is 10.7. The van der Waals surface area contributed by atoms with Gasteiger partial charge in [-0.1, -0.05) is 35.9 Å². The van der Waals surface area contributed by atoms with Crippen molar-refractivity contribution in [1.29, 1.82) is 0 Å². The molecule has 0 saturated carbocycles. The highest BCUT2D eigenvalue weighted by Gasteiger charge is 2.25. The number of amides is 1. The molecule has 1 aliphatic rings. The van der Waals surface area contributed by atoms with Crippen LogP contribution in [0, 0.1) is 12.8 Å². The molecule has 160 valence electrons. The maximum Gasteiger partial charge on any atom is 0.223 e. The lowest BCUT2D eigenvalue weighted by Gasteiger charge is -2.31. The van der Waals surface area contributed by atoms with Crippen molar-refractivity contribution >= 4 is 11.7 Å². The van der Waals surface area contributed by atoms with Crippen molar-refractivity contribution < 1.29 is 9.53 Å². The van der Waals surface area contributed by atoms with Crippen molar-refractivity contribution in [3.8, 4) is 17.0 Å². The lowest BCUT2D eigenvalue weighted by molar-refractivity contribution is -0.125. The van der Waals surface area contributed by atoms with Gasteiger partial charge >= 0.3 is 0 Å². The first-order valence-electron chi connectivity index (χ1n) is 10.7. The summed E-state index contributed by atoms with van der Waals surface area (Å²) in [5.74, 6) is 1.81. The molecule has 0 spiro atoms. The molecule has 0 atom stereocenters. The Balaban J connectivity index is 1.29. The molecule has 0 aliphatic carbocycles. The number of hydrogen-bond acceptors (Lipinski definition) is 5. The third-order valence-electron chi connectivity index (χ3n) is 5.75. The minimum atomic E-state index is 0.0291. The van der Waals surface area contributed by atoms with E-state index >= 15 is 0 Å². The molecule has 1 saturated heterocycles. The number of anilines is 1. The van der Waals surface area contributed by atoms with Crippen molar-refractivity contribution in [3.63, 3.8) is 0 Å². The fourth-order valence-corrected chi connectivity index (χ4v) is 3.94. The molecular formula is C25H28N4O2. The standard InChI is InChI=1S/C25H28N4O2/c1-18-5-3-7-21(15-18)23-9-10-24(28-27-23)29-13-11-20(12-14-29)25(30)26-17-19-6-4-8-22(16-19)31-2/h3-10,15-16,20H,11-14,17H2,1-2H3,(H,26,30). The molecule has 2 aromatic carbocycles. The van der Waals surface area contributed by atoms with E-state index in [0.717, 1.165) is 54.3 Å². The fraction of sp³-hybridized carbons (Fsp3) is 0.320. The second-order valence-electron chi connectivity index (χ2n) is 7.98. The number of aromatic nitrogens is 2. The van der Waals surface area contributed by atoms with Crippen LogP contribution >= 0.6 is 0 Å². The summed E-state index contributed by atoms with van der Waals surface area (Å²) in [4.78, 5) is 14.8. The predicted octanol–water partition coefficient (Wildman–Crippen LogP) is 3.99. The molecule has 1 N–H and O–H groups in total. The summed E-state index contributed by atoms with van der Waals surface area (Å²) >= 11 is 0. The molecule has 6 heteroatoms. The highest BCUT2D eigenvalue weighted by molar-refractivity contribution is 5.79. The molecule has 0 bridgehead atoms. The molecule has 2 heterocycles. The normalized spacial score (nSPS) is 14.3. The zero-order valence-corrected chi connectivity index (χ0v) is 18.0. The van der Waals surface area contributed by atoms with Gasteiger partial charge in [0.05, 0.1) is 12.8 Å². The summed E-state index contributed by atoms with van der Waals surface area (Å²) in [5.41, 5.74) is 4.19. The van der Waals surface area contributed by atoms with E-state index in [4.69, 9.17) is 4.74 Å². The van der Waals surface area contributed by atoms with Crippen LogP contribution in [0.2, 0.25) is 0 Å². The van der Waals surface area contributed by atoms with Gasteiger partial charge in [0, 0.05) is 31.1 Å². The number of methoxy groups -OCH3 is 1. The van der Waals surface area contributed by atoms with E-state index in [1.807, 2.05) is 48.5 Å². The second kappa shape index (κ2) is 9.60. The van der Waals surface area contributed by atoms with Crippen LogP contribution in [0.15, 0.2) is 60.7 Å².